The number of hydrogen-bond donors (Lipinski definition) is 1. The number of benzene rings is 3. The number of aromatic nitrogens is 5. The van der Waals surface area contributed by atoms with E-state index in [0.29, 0.717) is 40.4 Å². The van der Waals surface area contributed by atoms with E-state index in [0.717, 1.165) is 28.3 Å². The lowest BCUT2D eigenvalue weighted by Gasteiger charge is -2.09. The van der Waals surface area contributed by atoms with Crippen molar-refractivity contribution in [1.29, 1.82) is 0 Å². The highest BCUT2D eigenvalue weighted by molar-refractivity contribution is 6.32. The third-order valence-electron chi connectivity index (χ3n) is 5.70. The van der Waals surface area contributed by atoms with E-state index in [9.17, 15) is 0 Å². The molecule has 3 heterocycles. The molecule has 7 nitrogen and oxygen atoms in total. The van der Waals surface area contributed by atoms with Crippen LogP contribution in [0.2, 0.25) is 10.0 Å². The standard InChI is InChI=1S/C25H18Cl2N6O/c26-17-8-5-15(6-9-17)16-7-10-22-18(13-16)23-29-20(14-32(23)11-12-34-22)24-30-25(28)31-33(24)21-4-2-1-3-19(21)27/h1-10,13-14H,11-12H2,(H2,28,31). The van der Waals surface area contributed by atoms with E-state index < -0.39 is 0 Å². The highest BCUT2D eigenvalue weighted by Crippen LogP contribution is 2.37. The van der Waals surface area contributed by atoms with Crippen molar-refractivity contribution in [2.45, 2.75) is 6.54 Å². The van der Waals surface area contributed by atoms with Gasteiger partial charge in [0, 0.05) is 11.2 Å². The number of rotatable bonds is 3. The molecule has 0 saturated carbocycles. The van der Waals surface area contributed by atoms with Gasteiger partial charge in [0.15, 0.2) is 5.82 Å². The van der Waals surface area contributed by atoms with Crippen LogP contribution in [0, 0.1) is 0 Å². The molecule has 0 bridgehead atoms. The number of imidazole rings is 1. The van der Waals surface area contributed by atoms with Crippen LogP contribution in [0.5, 0.6) is 5.75 Å². The van der Waals surface area contributed by atoms with Gasteiger partial charge in [0.1, 0.15) is 23.9 Å². The molecule has 34 heavy (non-hydrogen) atoms. The van der Waals surface area contributed by atoms with Crippen LogP contribution in [-0.4, -0.2) is 30.9 Å². The number of nitrogens with two attached hydrogens (primary N) is 1. The van der Waals surface area contributed by atoms with Crippen molar-refractivity contribution in [3.05, 3.63) is 83.0 Å². The number of nitrogens with zero attached hydrogens (tertiary/aromatic N) is 5. The van der Waals surface area contributed by atoms with Gasteiger partial charge >= 0.3 is 0 Å². The van der Waals surface area contributed by atoms with Crippen molar-refractivity contribution in [3.8, 4) is 45.5 Å². The number of nitrogen functional groups attached to an aromatic ring is 1. The summed E-state index contributed by atoms with van der Waals surface area (Å²) >= 11 is 12.5. The maximum absolute atomic E-state index is 6.42. The smallest absolute Gasteiger partial charge is 0.240 e. The van der Waals surface area contributed by atoms with E-state index in [1.165, 1.54) is 0 Å². The molecule has 0 unspecified atom stereocenters. The molecule has 9 heteroatoms. The van der Waals surface area contributed by atoms with Gasteiger partial charge in [0.2, 0.25) is 5.95 Å². The Bertz CT molecular complexity index is 1520. The molecule has 168 valence electrons. The second-order valence-corrected chi connectivity index (χ2v) is 8.71. The summed E-state index contributed by atoms with van der Waals surface area (Å²) in [5.74, 6) is 2.22. The predicted octanol–water partition coefficient (Wildman–Crippen LogP) is 5.75. The van der Waals surface area contributed by atoms with Crippen LogP contribution in [0.3, 0.4) is 0 Å². The number of anilines is 1. The van der Waals surface area contributed by atoms with E-state index in [4.69, 9.17) is 38.7 Å². The van der Waals surface area contributed by atoms with Crippen LogP contribution in [-0.2, 0) is 6.54 Å². The Labute approximate surface area is 205 Å². The van der Waals surface area contributed by atoms with Gasteiger partial charge in [0.05, 0.1) is 22.8 Å². The Morgan fingerprint density at radius 3 is 2.50 bits per heavy atom. The molecule has 0 radical (unpaired) electrons. The average molecular weight is 489 g/mol. The Kier molecular flexibility index (Phi) is 5.01. The van der Waals surface area contributed by atoms with Gasteiger partial charge in [-0.15, -0.1) is 5.10 Å². The Morgan fingerprint density at radius 1 is 0.882 bits per heavy atom. The molecule has 0 spiro atoms. The highest BCUT2D eigenvalue weighted by atomic mass is 35.5. The van der Waals surface area contributed by atoms with Crippen LogP contribution in [0.15, 0.2) is 72.9 Å². The van der Waals surface area contributed by atoms with E-state index in [1.54, 1.807) is 10.7 Å². The Morgan fingerprint density at radius 2 is 1.68 bits per heavy atom. The number of para-hydroxylation sites is 1. The SMILES string of the molecule is Nc1nc(-c2cn3c(n2)-c2cc(-c4ccc(Cl)cc4)ccc2OCC3)n(-c2ccccc2Cl)n1. The van der Waals surface area contributed by atoms with E-state index in [2.05, 4.69) is 20.7 Å². The molecule has 0 amide bonds. The van der Waals surface area contributed by atoms with Crippen molar-refractivity contribution >= 4 is 29.2 Å². The minimum Gasteiger partial charge on any atom is -0.491 e. The fourth-order valence-corrected chi connectivity index (χ4v) is 4.44. The summed E-state index contributed by atoms with van der Waals surface area (Å²) in [4.78, 5) is 9.39. The Balaban J connectivity index is 1.48. The first-order chi connectivity index (χ1) is 16.6. The van der Waals surface area contributed by atoms with Crippen LogP contribution in [0.4, 0.5) is 5.95 Å². The molecule has 1 aliphatic rings. The van der Waals surface area contributed by atoms with Crippen molar-refractivity contribution in [1.82, 2.24) is 24.3 Å². The number of hydrogen-bond acceptors (Lipinski definition) is 5. The monoisotopic (exact) mass is 488 g/mol. The molecule has 0 fully saturated rings. The van der Waals surface area contributed by atoms with Crippen molar-refractivity contribution in [2.75, 3.05) is 12.3 Å². The normalized spacial score (nSPS) is 12.5. The lowest BCUT2D eigenvalue weighted by molar-refractivity contribution is 0.306. The van der Waals surface area contributed by atoms with Crippen molar-refractivity contribution in [3.63, 3.8) is 0 Å². The lowest BCUT2D eigenvalue weighted by atomic mass is 10.0. The molecule has 0 aliphatic carbocycles. The van der Waals surface area contributed by atoms with Gasteiger partial charge in [-0.3, -0.25) is 0 Å². The average Bonchev–Trinajstić information content (AvgIpc) is 3.39. The first kappa shape index (κ1) is 20.8. The number of fused-ring (bicyclic) bond motifs is 3. The molecule has 1 aliphatic heterocycles. The van der Waals surface area contributed by atoms with Gasteiger partial charge < -0.3 is 15.0 Å². The molecule has 6 rings (SSSR count). The zero-order valence-corrected chi connectivity index (χ0v) is 19.3. The molecule has 5 aromatic rings. The fourth-order valence-electron chi connectivity index (χ4n) is 4.10. The largest absolute Gasteiger partial charge is 0.491 e. The molecule has 0 atom stereocenters. The topological polar surface area (TPSA) is 83.8 Å². The van der Waals surface area contributed by atoms with Crippen molar-refractivity contribution in [2.24, 2.45) is 0 Å². The fraction of sp³-hybridized carbons (Fsp3) is 0.0800. The van der Waals surface area contributed by atoms with Crippen molar-refractivity contribution < 1.29 is 4.74 Å². The second-order valence-electron chi connectivity index (χ2n) is 7.87. The molecule has 0 saturated heterocycles. The summed E-state index contributed by atoms with van der Waals surface area (Å²) in [5, 5.41) is 5.60. The molecular weight excluding hydrogens is 471 g/mol. The van der Waals surface area contributed by atoms with Gasteiger partial charge in [-0.2, -0.15) is 4.98 Å². The first-order valence-electron chi connectivity index (χ1n) is 10.6. The van der Waals surface area contributed by atoms with Crippen LogP contribution < -0.4 is 10.5 Å². The molecular formula is C25H18Cl2N6O. The van der Waals surface area contributed by atoms with Gasteiger partial charge in [-0.25, -0.2) is 9.67 Å². The summed E-state index contributed by atoms with van der Waals surface area (Å²) in [6.07, 6.45) is 1.94. The van der Waals surface area contributed by atoms with Crippen LogP contribution in [0.1, 0.15) is 0 Å². The van der Waals surface area contributed by atoms with E-state index in [1.807, 2.05) is 60.8 Å². The summed E-state index contributed by atoms with van der Waals surface area (Å²) in [5.41, 5.74) is 10.3. The number of ether oxygens (including phenoxy) is 1. The van der Waals surface area contributed by atoms with Gasteiger partial charge in [-0.1, -0.05) is 53.5 Å². The van der Waals surface area contributed by atoms with Crippen LogP contribution >= 0.6 is 23.2 Å². The summed E-state index contributed by atoms with van der Waals surface area (Å²) in [6.45, 7) is 1.17. The maximum Gasteiger partial charge on any atom is 0.240 e. The third kappa shape index (κ3) is 3.59. The molecule has 2 N–H and O–H groups in total. The quantitative estimate of drug-likeness (QED) is 0.349. The minimum atomic E-state index is 0.145. The first-order valence-corrected chi connectivity index (χ1v) is 11.4. The Hall–Kier alpha value is -3.81. The van der Waals surface area contributed by atoms with Gasteiger partial charge in [0.25, 0.3) is 0 Å². The summed E-state index contributed by atoms with van der Waals surface area (Å²) in [7, 11) is 0. The second kappa shape index (κ2) is 8.20. The minimum absolute atomic E-state index is 0.145. The molecule has 2 aromatic heterocycles. The maximum atomic E-state index is 6.42. The highest BCUT2D eigenvalue weighted by Gasteiger charge is 2.23. The molecule has 3 aromatic carbocycles. The van der Waals surface area contributed by atoms with Crippen LogP contribution in [0.25, 0.3) is 39.7 Å². The zero-order chi connectivity index (χ0) is 23.2. The summed E-state index contributed by atoms with van der Waals surface area (Å²) < 4.78 is 9.70. The van der Waals surface area contributed by atoms with E-state index in [-0.39, 0.29) is 5.95 Å². The summed E-state index contributed by atoms with van der Waals surface area (Å²) in [6, 6.07) is 21.3. The van der Waals surface area contributed by atoms with Gasteiger partial charge in [-0.05, 0) is 47.5 Å². The lowest BCUT2D eigenvalue weighted by Crippen LogP contribution is -2.04. The third-order valence-corrected chi connectivity index (χ3v) is 6.27. The zero-order valence-electron chi connectivity index (χ0n) is 17.8. The van der Waals surface area contributed by atoms with E-state index >= 15 is 0 Å². The predicted molar refractivity (Wildman–Crippen MR) is 133 cm³/mol. The number of halogens is 2.